The largest absolute Gasteiger partial charge is 0.395 e. The van der Waals surface area contributed by atoms with Crippen molar-refractivity contribution in [3.63, 3.8) is 0 Å². The van der Waals surface area contributed by atoms with Crippen LogP contribution in [-0.2, 0) is 19.1 Å². The molecule has 140 valence electrons. The third-order valence-corrected chi connectivity index (χ3v) is 4.79. The van der Waals surface area contributed by atoms with Gasteiger partial charge in [-0.2, -0.15) is 8.42 Å². The average Bonchev–Trinajstić information content (AvgIpc) is 2.63. The quantitative estimate of drug-likeness (QED) is 0.524. The number of carbonyl (C=O) groups excluding carboxylic acids is 1. The van der Waals surface area contributed by atoms with Gasteiger partial charge in [0.25, 0.3) is 10.1 Å². The van der Waals surface area contributed by atoms with Crippen molar-refractivity contribution in [1.82, 2.24) is 5.06 Å². The summed E-state index contributed by atoms with van der Waals surface area (Å²) in [5.41, 5.74) is 1.29. The molecule has 0 aliphatic carbocycles. The zero-order chi connectivity index (χ0) is 19.0. The molecular weight excluding hydrogens is 358 g/mol. The number of aliphatic hydroxyl groups is 1. The van der Waals surface area contributed by atoms with Crippen LogP contribution in [0.3, 0.4) is 0 Å². The first-order chi connectivity index (χ1) is 12.4. The van der Waals surface area contributed by atoms with E-state index in [1.54, 1.807) is 42.5 Å². The zero-order valence-electron chi connectivity index (χ0n) is 14.4. The van der Waals surface area contributed by atoms with Gasteiger partial charge in [-0.1, -0.05) is 35.9 Å². The molecule has 0 heterocycles. The summed E-state index contributed by atoms with van der Waals surface area (Å²) >= 11 is 0. The predicted octanol–water partition coefficient (Wildman–Crippen LogP) is 1.77. The van der Waals surface area contributed by atoms with Gasteiger partial charge in [-0.3, -0.25) is 4.18 Å². The summed E-state index contributed by atoms with van der Waals surface area (Å²) < 4.78 is 29.2. The van der Waals surface area contributed by atoms with Gasteiger partial charge in [0.05, 0.1) is 36.8 Å². The maximum absolute atomic E-state index is 12.1. The Balaban J connectivity index is 1.91. The molecule has 0 saturated carbocycles. The molecule has 0 saturated heterocycles. The minimum atomic E-state index is -3.90. The lowest BCUT2D eigenvalue weighted by Crippen LogP contribution is -2.33. The Bertz CT molecular complexity index is 805. The highest BCUT2D eigenvalue weighted by molar-refractivity contribution is 7.86. The minimum absolute atomic E-state index is 0.00970. The summed E-state index contributed by atoms with van der Waals surface area (Å²) in [6.45, 7) is 1.40. The van der Waals surface area contributed by atoms with Gasteiger partial charge in [0.15, 0.2) is 0 Å². The molecule has 0 aromatic heterocycles. The standard InChI is InChI=1S/C18H21NO6S/c1-15-7-9-17(10-8-15)26(22,23)24-14-12-19(11-13-20)25-18(21)16-5-3-2-4-6-16/h2-10,20H,11-14H2,1H3. The van der Waals surface area contributed by atoms with Crippen LogP contribution in [-0.4, -0.2) is 50.9 Å². The van der Waals surface area contributed by atoms with Crippen molar-refractivity contribution in [2.75, 3.05) is 26.3 Å². The molecule has 0 atom stereocenters. The first-order valence-electron chi connectivity index (χ1n) is 8.01. The van der Waals surface area contributed by atoms with Crippen LogP contribution in [0.25, 0.3) is 0 Å². The van der Waals surface area contributed by atoms with E-state index in [9.17, 15) is 13.2 Å². The monoisotopic (exact) mass is 379 g/mol. The summed E-state index contributed by atoms with van der Waals surface area (Å²) in [6.07, 6.45) is 0. The molecule has 26 heavy (non-hydrogen) atoms. The topological polar surface area (TPSA) is 93.1 Å². The van der Waals surface area contributed by atoms with E-state index in [0.717, 1.165) is 5.56 Å². The maximum Gasteiger partial charge on any atom is 0.357 e. The second kappa shape index (κ2) is 9.44. The molecule has 8 heteroatoms. The number of hydroxylamine groups is 2. The van der Waals surface area contributed by atoms with E-state index in [1.165, 1.54) is 17.2 Å². The molecule has 0 fully saturated rings. The summed E-state index contributed by atoms with van der Waals surface area (Å²) in [5.74, 6) is -0.597. The summed E-state index contributed by atoms with van der Waals surface area (Å²) in [7, 11) is -3.90. The fraction of sp³-hybridized carbons (Fsp3) is 0.278. The number of nitrogens with zero attached hydrogens (tertiary/aromatic N) is 1. The van der Waals surface area contributed by atoms with E-state index in [-0.39, 0.29) is 31.2 Å². The van der Waals surface area contributed by atoms with Gasteiger partial charge in [0, 0.05) is 0 Å². The molecule has 0 aliphatic rings. The van der Waals surface area contributed by atoms with Gasteiger partial charge >= 0.3 is 5.97 Å². The summed E-state index contributed by atoms with van der Waals surface area (Å²) in [4.78, 5) is 17.3. The Morgan fingerprint density at radius 1 is 1.04 bits per heavy atom. The lowest BCUT2D eigenvalue weighted by Gasteiger charge is -2.20. The molecule has 1 N–H and O–H groups in total. The number of rotatable bonds is 9. The van der Waals surface area contributed by atoms with Crippen LogP contribution in [0.2, 0.25) is 0 Å². The Morgan fingerprint density at radius 2 is 1.69 bits per heavy atom. The third kappa shape index (κ3) is 5.92. The molecule has 2 aromatic carbocycles. The second-order valence-electron chi connectivity index (χ2n) is 5.49. The van der Waals surface area contributed by atoms with E-state index < -0.39 is 16.1 Å². The molecule has 0 aliphatic heterocycles. The number of hydrogen-bond acceptors (Lipinski definition) is 7. The Hall–Kier alpha value is -2.26. The minimum Gasteiger partial charge on any atom is -0.395 e. The molecule has 2 aromatic rings. The van der Waals surface area contributed by atoms with E-state index in [4.69, 9.17) is 14.1 Å². The summed E-state index contributed by atoms with van der Waals surface area (Å²) in [5, 5.41) is 10.3. The van der Waals surface area contributed by atoms with Crippen molar-refractivity contribution in [2.24, 2.45) is 0 Å². The lowest BCUT2D eigenvalue weighted by molar-refractivity contribution is -0.119. The molecule has 0 unspecified atom stereocenters. The number of hydrogen-bond donors (Lipinski definition) is 1. The Labute approximate surface area is 152 Å². The van der Waals surface area contributed by atoms with Crippen molar-refractivity contribution in [3.8, 4) is 0 Å². The smallest absolute Gasteiger partial charge is 0.357 e. The maximum atomic E-state index is 12.1. The van der Waals surface area contributed by atoms with Crippen LogP contribution in [0.4, 0.5) is 0 Å². The predicted molar refractivity (Wildman–Crippen MR) is 94.8 cm³/mol. The van der Waals surface area contributed by atoms with Gasteiger partial charge in [-0.05, 0) is 31.2 Å². The highest BCUT2D eigenvalue weighted by Crippen LogP contribution is 2.13. The van der Waals surface area contributed by atoms with Crippen LogP contribution in [0, 0.1) is 6.92 Å². The van der Waals surface area contributed by atoms with Crippen molar-refractivity contribution >= 4 is 16.1 Å². The van der Waals surface area contributed by atoms with Crippen LogP contribution >= 0.6 is 0 Å². The Morgan fingerprint density at radius 3 is 2.31 bits per heavy atom. The average molecular weight is 379 g/mol. The van der Waals surface area contributed by atoms with Gasteiger partial charge in [-0.25, -0.2) is 4.79 Å². The lowest BCUT2D eigenvalue weighted by atomic mass is 10.2. The van der Waals surface area contributed by atoms with Crippen LogP contribution in [0.15, 0.2) is 59.5 Å². The number of carbonyl (C=O) groups is 1. The molecule has 0 radical (unpaired) electrons. The molecule has 0 spiro atoms. The molecule has 7 nitrogen and oxygen atoms in total. The first-order valence-corrected chi connectivity index (χ1v) is 9.42. The van der Waals surface area contributed by atoms with Crippen molar-refractivity contribution < 1.29 is 27.3 Å². The molecule has 0 bridgehead atoms. The normalized spacial score (nSPS) is 11.5. The van der Waals surface area contributed by atoms with E-state index in [0.29, 0.717) is 5.56 Å². The molecule has 2 rings (SSSR count). The second-order valence-corrected chi connectivity index (χ2v) is 7.10. The first kappa shape index (κ1) is 20.1. The van der Waals surface area contributed by atoms with E-state index in [2.05, 4.69) is 0 Å². The van der Waals surface area contributed by atoms with Gasteiger partial charge < -0.3 is 9.94 Å². The van der Waals surface area contributed by atoms with Gasteiger partial charge in [-0.15, -0.1) is 5.06 Å². The summed E-state index contributed by atoms with van der Waals surface area (Å²) in [6, 6.07) is 14.6. The van der Waals surface area contributed by atoms with Crippen LogP contribution in [0.1, 0.15) is 15.9 Å². The van der Waals surface area contributed by atoms with Crippen LogP contribution in [0.5, 0.6) is 0 Å². The third-order valence-electron chi connectivity index (χ3n) is 3.46. The number of aryl methyl sites for hydroxylation is 1. The highest BCUT2D eigenvalue weighted by atomic mass is 32.2. The fourth-order valence-electron chi connectivity index (χ4n) is 2.08. The fourth-order valence-corrected chi connectivity index (χ4v) is 2.98. The van der Waals surface area contributed by atoms with Gasteiger partial charge in [0.2, 0.25) is 0 Å². The van der Waals surface area contributed by atoms with Crippen molar-refractivity contribution in [3.05, 3.63) is 65.7 Å². The molecular formula is C18H21NO6S. The number of aliphatic hydroxyl groups excluding tert-OH is 1. The van der Waals surface area contributed by atoms with Crippen molar-refractivity contribution in [1.29, 1.82) is 0 Å². The Kier molecular flexibility index (Phi) is 7.28. The molecule has 0 amide bonds. The van der Waals surface area contributed by atoms with Crippen LogP contribution < -0.4 is 0 Å². The van der Waals surface area contributed by atoms with E-state index >= 15 is 0 Å². The SMILES string of the molecule is Cc1ccc(S(=O)(=O)OCCN(CCO)OC(=O)c2ccccc2)cc1. The number of benzene rings is 2. The van der Waals surface area contributed by atoms with Crippen molar-refractivity contribution in [2.45, 2.75) is 11.8 Å². The zero-order valence-corrected chi connectivity index (χ0v) is 15.2. The highest BCUT2D eigenvalue weighted by Gasteiger charge is 2.18. The van der Waals surface area contributed by atoms with Gasteiger partial charge in [0.1, 0.15) is 0 Å². The van der Waals surface area contributed by atoms with E-state index in [1.807, 2.05) is 6.92 Å².